The Morgan fingerprint density at radius 1 is 1.38 bits per heavy atom. The van der Waals surface area contributed by atoms with Gasteiger partial charge in [-0.15, -0.1) is 0 Å². The highest BCUT2D eigenvalue weighted by Gasteiger charge is 2.04. The van der Waals surface area contributed by atoms with Crippen molar-refractivity contribution in [3.05, 3.63) is 0 Å². The van der Waals surface area contributed by atoms with Crippen LogP contribution in [-0.4, -0.2) is 36.3 Å². The van der Waals surface area contributed by atoms with Gasteiger partial charge in [0, 0.05) is 24.6 Å². The summed E-state index contributed by atoms with van der Waals surface area (Å²) in [7, 11) is 0. The average Bonchev–Trinajstić information content (AvgIpc) is 1.90. The van der Waals surface area contributed by atoms with Gasteiger partial charge in [-0.3, -0.25) is 5.01 Å². The van der Waals surface area contributed by atoms with Crippen LogP contribution in [0.25, 0.3) is 0 Å². The van der Waals surface area contributed by atoms with E-state index in [0.29, 0.717) is 0 Å². The molecule has 0 unspecified atom stereocenters. The van der Waals surface area contributed by atoms with Crippen molar-refractivity contribution in [3.8, 4) is 0 Å². The van der Waals surface area contributed by atoms with Gasteiger partial charge in [0.05, 0.1) is 6.72 Å². The third kappa shape index (κ3) is 1.40. The van der Waals surface area contributed by atoms with Crippen molar-refractivity contribution in [2.45, 2.75) is 0 Å². The van der Waals surface area contributed by atoms with Crippen molar-refractivity contribution in [3.63, 3.8) is 0 Å². The lowest BCUT2D eigenvalue weighted by Gasteiger charge is -2.21. The number of thioether (sulfide) groups is 1. The molecule has 0 saturated carbocycles. The molecular formula is C5H9N2S. The lowest BCUT2D eigenvalue weighted by atomic mass is 10.6. The van der Waals surface area contributed by atoms with Crippen LogP contribution in [0.3, 0.4) is 0 Å². The number of hydrazone groups is 1. The van der Waals surface area contributed by atoms with Crippen LogP contribution < -0.4 is 0 Å². The van der Waals surface area contributed by atoms with Gasteiger partial charge in [0.1, 0.15) is 0 Å². The largest absolute Gasteiger partial charge is 0.295 e. The first kappa shape index (κ1) is 5.95. The molecule has 1 rings (SSSR count). The second kappa shape index (κ2) is 2.97. The molecule has 45 valence electrons. The summed E-state index contributed by atoms with van der Waals surface area (Å²) in [5, 5.41) is 5.47. The van der Waals surface area contributed by atoms with Crippen LogP contribution in [0.4, 0.5) is 0 Å². The summed E-state index contributed by atoms with van der Waals surface area (Å²) in [5.41, 5.74) is 0. The molecule has 0 N–H and O–H groups in total. The van der Waals surface area contributed by atoms with E-state index in [2.05, 4.69) is 5.10 Å². The fourth-order valence-corrected chi connectivity index (χ4v) is 1.55. The molecule has 2 nitrogen and oxygen atoms in total. The topological polar surface area (TPSA) is 15.6 Å². The maximum absolute atomic E-state index is 5.04. The van der Waals surface area contributed by atoms with E-state index < -0.39 is 0 Å². The van der Waals surface area contributed by atoms with Gasteiger partial charge in [0.2, 0.25) is 0 Å². The average molecular weight is 129 g/mol. The number of hydrogen-bond donors (Lipinski definition) is 0. The summed E-state index contributed by atoms with van der Waals surface area (Å²) in [6.45, 7) is 7.07. The second-order valence-corrected chi connectivity index (χ2v) is 2.91. The SMILES string of the molecule is [CH]=NN1CCSCC1. The third-order valence-corrected chi connectivity index (χ3v) is 2.09. The van der Waals surface area contributed by atoms with Gasteiger partial charge in [0.15, 0.2) is 0 Å². The molecule has 0 atom stereocenters. The van der Waals surface area contributed by atoms with Gasteiger partial charge < -0.3 is 0 Å². The Balaban J connectivity index is 2.22. The van der Waals surface area contributed by atoms with Crippen molar-refractivity contribution >= 4 is 18.5 Å². The van der Waals surface area contributed by atoms with Crippen molar-refractivity contribution in [2.75, 3.05) is 24.6 Å². The van der Waals surface area contributed by atoms with E-state index >= 15 is 0 Å². The molecule has 1 heterocycles. The van der Waals surface area contributed by atoms with Crippen molar-refractivity contribution < 1.29 is 0 Å². The Morgan fingerprint density at radius 2 is 2.00 bits per heavy atom. The number of hydrogen-bond acceptors (Lipinski definition) is 3. The summed E-state index contributed by atoms with van der Waals surface area (Å²) in [5.74, 6) is 2.33. The smallest absolute Gasteiger partial charge is 0.0671 e. The van der Waals surface area contributed by atoms with E-state index in [9.17, 15) is 0 Å². The lowest BCUT2D eigenvalue weighted by molar-refractivity contribution is 0.323. The minimum Gasteiger partial charge on any atom is -0.295 e. The molecule has 1 radical (unpaired) electrons. The van der Waals surface area contributed by atoms with Gasteiger partial charge in [-0.05, 0) is 0 Å². The molecule has 0 aromatic carbocycles. The molecule has 3 heteroatoms. The normalized spacial score (nSPS) is 20.8. The van der Waals surface area contributed by atoms with Crippen molar-refractivity contribution in [2.24, 2.45) is 5.10 Å². The standard InChI is InChI=1S/C5H9N2S/c1-6-7-2-4-8-5-3-7/h1H,2-5H2. The zero-order valence-electron chi connectivity index (χ0n) is 4.71. The van der Waals surface area contributed by atoms with Crippen LogP contribution in [0.2, 0.25) is 0 Å². The minimum atomic E-state index is 1.02. The van der Waals surface area contributed by atoms with E-state index in [4.69, 9.17) is 6.72 Å². The zero-order chi connectivity index (χ0) is 5.82. The third-order valence-electron chi connectivity index (χ3n) is 1.15. The van der Waals surface area contributed by atoms with Gasteiger partial charge in [-0.1, -0.05) is 0 Å². The fourth-order valence-electron chi connectivity index (χ4n) is 0.669. The molecule has 1 fully saturated rings. The molecule has 0 aliphatic carbocycles. The Labute approximate surface area is 53.9 Å². The van der Waals surface area contributed by atoms with Crippen LogP contribution in [-0.2, 0) is 0 Å². The zero-order valence-corrected chi connectivity index (χ0v) is 5.52. The first-order valence-corrected chi connectivity index (χ1v) is 3.82. The summed E-state index contributed by atoms with van der Waals surface area (Å²) >= 11 is 1.96. The highest BCUT2D eigenvalue weighted by Crippen LogP contribution is 2.07. The quantitative estimate of drug-likeness (QED) is 0.480. The Hall–Kier alpha value is -0.180. The van der Waals surface area contributed by atoms with Gasteiger partial charge >= 0.3 is 0 Å². The maximum atomic E-state index is 5.04. The van der Waals surface area contributed by atoms with Crippen LogP contribution in [0.1, 0.15) is 0 Å². The van der Waals surface area contributed by atoms with Gasteiger partial charge in [0.25, 0.3) is 0 Å². The predicted molar refractivity (Wildman–Crippen MR) is 37.4 cm³/mol. The highest BCUT2D eigenvalue weighted by molar-refractivity contribution is 7.99. The first-order valence-electron chi connectivity index (χ1n) is 2.67. The van der Waals surface area contributed by atoms with Crippen molar-refractivity contribution in [1.82, 2.24) is 5.01 Å². The van der Waals surface area contributed by atoms with Gasteiger partial charge in [-0.2, -0.15) is 16.9 Å². The highest BCUT2D eigenvalue weighted by atomic mass is 32.2. The van der Waals surface area contributed by atoms with Crippen LogP contribution >= 0.6 is 11.8 Å². The molecule has 0 amide bonds. The summed E-state index contributed by atoms with van der Waals surface area (Å²) in [6.07, 6.45) is 0. The molecular weight excluding hydrogens is 120 g/mol. The summed E-state index contributed by atoms with van der Waals surface area (Å²) in [6, 6.07) is 0. The Kier molecular flexibility index (Phi) is 2.21. The lowest BCUT2D eigenvalue weighted by Crippen LogP contribution is -2.27. The fraction of sp³-hybridized carbons (Fsp3) is 0.800. The number of nitrogens with zero attached hydrogens (tertiary/aromatic N) is 2. The van der Waals surface area contributed by atoms with Crippen molar-refractivity contribution in [1.29, 1.82) is 0 Å². The minimum absolute atomic E-state index is 1.02. The molecule has 0 bridgehead atoms. The molecule has 1 aliphatic heterocycles. The van der Waals surface area contributed by atoms with E-state index in [1.807, 2.05) is 16.8 Å². The van der Waals surface area contributed by atoms with E-state index in [-0.39, 0.29) is 0 Å². The van der Waals surface area contributed by atoms with Crippen LogP contribution in [0.15, 0.2) is 5.10 Å². The second-order valence-electron chi connectivity index (χ2n) is 1.68. The Bertz CT molecular complexity index is 78.5. The molecule has 0 aromatic rings. The predicted octanol–water partition coefficient (Wildman–Crippen LogP) is 0.528. The van der Waals surface area contributed by atoms with E-state index in [1.54, 1.807) is 0 Å². The van der Waals surface area contributed by atoms with Crippen LogP contribution in [0.5, 0.6) is 0 Å². The monoisotopic (exact) mass is 129 g/mol. The molecule has 8 heavy (non-hydrogen) atoms. The summed E-state index contributed by atoms with van der Waals surface area (Å²) < 4.78 is 0. The molecule has 0 aromatic heterocycles. The summed E-state index contributed by atoms with van der Waals surface area (Å²) in [4.78, 5) is 0. The Morgan fingerprint density at radius 3 is 2.38 bits per heavy atom. The molecule has 0 spiro atoms. The molecule has 1 saturated heterocycles. The first-order chi connectivity index (χ1) is 3.93. The maximum Gasteiger partial charge on any atom is 0.0671 e. The van der Waals surface area contributed by atoms with Gasteiger partial charge in [-0.25, -0.2) is 0 Å². The number of rotatable bonds is 1. The van der Waals surface area contributed by atoms with Crippen LogP contribution in [0, 0.1) is 0 Å². The molecule has 1 aliphatic rings. The van der Waals surface area contributed by atoms with E-state index in [0.717, 1.165) is 13.1 Å². The van der Waals surface area contributed by atoms with E-state index in [1.165, 1.54) is 11.5 Å².